The predicted octanol–water partition coefficient (Wildman–Crippen LogP) is 2.98. The van der Waals surface area contributed by atoms with Gasteiger partial charge < -0.3 is 10.4 Å². The third kappa shape index (κ3) is 3.69. The third-order valence-electron chi connectivity index (χ3n) is 3.62. The molecule has 98 valence electrons. The number of nitrogens with one attached hydrogen (secondary N) is 1. The standard InChI is InChI=1S/C16H23NO/c1-16(18,15-9-3-2-4-10-15)13-17-12-11-14-7-5-6-8-14/h2-4,7,9-10,17-18H,5-6,8,11-13H2,1H3. The predicted molar refractivity (Wildman–Crippen MR) is 75.4 cm³/mol. The Balaban J connectivity index is 1.75. The van der Waals surface area contributed by atoms with Gasteiger partial charge in [0, 0.05) is 6.54 Å². The zero-order valence-corrected chi connectivity index (χ0v) is 11.2. The van der Waals surface area contributed by atoms with Gasteiger partial charge in [-0.05, 0) is 44.7 Å². The van der Waals surface area contributed by atoms with Gasteiger partial charge in [0.05, 0.1) is 5.60 Å². The third-order valence-corrected chi connectivity index (χ3v) is 3.62. The van der Waals surface area contributed by atoms with Crippen molar-refractivity contribution in [2.45, 2.75) is 38.2 Å². The van der Waals surface area contributed by atoms with Gasteiger partial charge in [0.2, 0.25) is 0 Å². The summed E-state index contributed by atoms with van der Waals surface area (Å²) in [6.07, 6.45) is 7.30. The molecule has 2 nitrogen and oxygen atoms in total. The lowest BCUT2D eigenvalue weighted by molar-refractivity contribution is 0.0573. The maximum atomic E-state index is 10.4. The molecule has 2 N–H and O–H groups in total. The topological polar surface area (TPSA) is 32.3 Å². The van der Waals surface area contributed by atoms with E-state index in [-0.39, 0.29) is 0 Å². The molecule has 0 spiro atoms. The summed E-state index contributed by atoms with van der Waals surface area (Å²) < 4.78 is 0. The minimum atomic E-state index is -0.786. The van der Waals surface area contributed by atoms with E-state index in [1.807, 2.05) is 37.3 Å². The Morgan fingerprint density at radius 2 is 2.06 bits per heavy atom. The van der Waals surface area contributed by atoms with E-state index in [0.29, 0.717) is 6.54 Å². The summed E-state index contributed by atoms with van der Waals surface area (Å²) in [5.41, 5.74) is 1.75. The minimum Gasteiger partial charge on any atom is -0.384 e. The van der Waals surface area contributed by atoms with Gasteiger partial charge in [-0.15, -0.1) is 0 Å². The van der Waals surface area contributed by atoms with Crippen LogP contribution in [0.25, 0.3) is 0 Å². The fraction of sp³-hybridized carbons (Fsp3) is 0.500. The van der Waals surface area contributed by atoms with Gasteiger partial charge in [-0.1, -0.05) is 42.0 Å². The lowest BCUT2D eigenvalue weighted by Crippen LogP contribution is -2.35. The zero-order chi connectivity index (χ0) is 12.8. The van der Waals surface area contributed by atoms with E-state index < -0.39 is 5.60 Å². The van der Waals surface area contributed by atoms with Crippen LogP contribution >= 0.6 is 0 Å². The first-order chi connectivity index (χ1) is 8.68. The first-order valence-electron chi connectivity index (χ1n) is 6.85. The average Bonchev–Trinajstić information content (AvgIpc) is 2.89. The van der Waals surface area contributed by atoms with E-state index in [9.17, 15) is 5.11 Å². The summed E-state index contributed by atoms with van der Waals surface area (Å²) >= 11 is 0. The first kappa shape index (κ1) is 13.3. The molecule has 0 saturated carbocycles. The largest absolute Gasteiger partial charge is 0.384 e. The SMILES string of the molecule is CC(O)(CNCCC1=CCCC1)c1ccccc1. The van der Waals surface area contributed by atoms with Gasteiger partial charge in [0.1, 0.15) is 0 Å². The Bertz CT molecular complexity index is 395. The van der Waals surface area contributed by atoms with Gasteiger partial charge in [-0.25, -0.2) is 0 Å². The van der Waals surface area contributed by atoms with Crippen molar-refractivity contribution in [2.24, 2.45) is 0 Å². The summed E-state index contributed by atoms with van der Waals surface area (Å²) in [6, 6.07) is 9.85. The van der Waals surface area contributed by atoms with Crippen LogP contribution in [0.4, 0.5) is 0 Å². The molecule has 18 heavy (non-hydrogen) atoms. The zero-order valence-electron chi connectivity index (χ0n) is 11.2. The van der Waals surface area contributed by atoms with Crippen LogP contribution in [0.3, 0.4) is 0 Å². The van der Waals surface area contributed by atoms with Crippen LogP contribution in [0.1, 0.15) is 38.2 Å². The monoisotopic (exact) mass is 245 g/mol. The van der Waals surface area contributed by atoms with Gasteiger partial charge in [-0.2, -0.15) is 0 Å². The molecular weight excluding hydrogens is 222 g/mol. The van der Waals surface area contributed by atoms with E-state index in [4.69, 9.17) is 0 Å². The normalized spacial score (nSPS) is 18.4. The summed E-state index contributed by atoms with van der Waals surface area (Å²) in [7, 11) is 0. The summed E-state index contributed by atoms with van der Waals surface area (Å²) in [4.78, 5) is 0. The highest BCUT2D eigenvalue weighted by Crippen LogP contribution is 2.21. The Morgan fingerprint density at radius 3 is 2.72 bits per heavy atom. The second-order valence-corrected chi connectivity index (χ2v) is 5.32. The molecule has 2 rings (SSSR count). The van der Waals surface area contributed by atoms with Crippen LogP contribution in [-0.4, -0.2) is 18.2 Å². The van der Waals surface area contributed by atoms with Gasteiger partial charge >= 0.3 is 0 Å². The number of aliphatic hydroxyl groups is 1. The number of hydrogen-bond acceptors (Lipinski definition) is 2. The highest BCUT2D eigenvalue weighted by atomic mass is 16.3. The maximum absolute atomic E-state index is 10.4. The quantitative estimate of drug-likeness (QED) is 0.596. The molecule has 0 heterocycles. The molecule has 1 unspecified atom stereocenters. The van der Waals surface area contributed by atoms with Crippen molar-refractivity contribution in [3.8, 4) is 0 Å². The molecule has 1 aromatic rings. The molecule has 0 fully saturated rings. The van der Waals surface area contributed by atoms with Crippen LogP contribution < -0.4 is 5.32 Å². The molecule has 2 heteroatoms. The van der Waals surface area contributed by atoms with Gasteiger partial charge in [0.15, 0.2) is 0 Å². The van der Waals surface area contributed by atoms with E-state index in [2.05, 4.69) is 11.4 Å². The van der Waals surface area contributed by atoms with E-state index in [1.165, 1.54) is 19.3 Å². The van der Waals surface area contributed by atoms with Crippen LogP contribution in [-0.2, 0) is 5.60 Å². The van der Waals surface area contributed by atoms with Crippen LogP contribution in [0.2, 0.25) is 0 Å². The molecule has 1 aliphatic carbocycles. The second-order valence-electron chi connectivity index (χ2n) is 5.32. The van der Waals surface area contributed by atoms with E-state index in [1.54, 1.807) is 5.57 Å². The summed E-state index contributed by atoms with van der Waals surface area (Å²) in [5, 5.41) is 13.8. The van der Waals surface area contributed by atoms with Gasteiger partial charge in [-0.3, -0.25) is 0 Å². The van der Waals surface area contributed by atoms with Crippen LogP contribution in [0.5, 0.6) is 0 Å². The highest BCUT2D eigenvalue weighted by molar-refractivity contribution is 5.21. The molecule has 0 aromatic heterocycles. The fourth-order valence-electron chi connectivity index (χ4n) is 2.44. The molecule has 0 radical (unpaired) electrons. The molecule has 0 saturated heterocycles. The molecule has 1 aromatic carbocycles. The van der Waals surface area contributed by atoms with E-state index in [0.717, 1.165) is 18.5 Å². The van der Waals surface area contributed by atoms with Gasteiger partial charge in [0.25, 0.3) is 0 Å². The molecular formula is C16H23NO. The summed E-state index contributed by atoms with van der Waals surface area (Å²) in [5.74, 6) is 0. The van der Waals surface area contributed by atoms with Crippen LogP contribution in [0, 0.1) is 0 Å². The highest BCUT2D eigenvalue weighted by Gasteiger charge is 2.21. The number of allylic oxidation sites excluding steroid dienone is 1. The Hall–Kier alpha value is -1.12. The summed E-state index contributed by atoms with van der Waals surface area (Å²) in [6.45, 7) is 3.42. The first-order valence-corrected chi connectivity index (χ1v) is 6.85. The van der Waals surface area contributed by atoms with Crippen molar-refractivity contribution >= 4 is 0 Å². The molecule has 0 amide bonds. The Labute approximate surface area is 110 Å². The molecule has 1 aliphatic rings. The molecule has 0 bridgehead atoms. The number of rotatable bonds is 6. The lowest BCUT2D eigenvalue weighted by atomic mass is 9.96. The number of hydrogen-bond donors (Lipinski definition) is 2. The lowest BCUT2D eigenvalue weighted by Gasteiger charge is -2.24. The fourth-order valence-corrected chi connectivity index (χ4v) is 2.44. The smallest absolute Gasteiger partial charge is 0.0992 e. The van der Waals surface area contributed by atoms with Crippen molar-refractivity contribution in [1.82, 2.24) is 5.32 Å². The van der Waals surface area contributed by atoms with Crippen molar-refractivity contribution in [3.63, 3.8) is 0 Å². The van der Waals surface area contributed by atoms with Crippen molar-refractivity contribution in [2.75, 3.05) is 13.1 Å². The Kier molecular flexibility index (Phi) is 4.56. The van der Waals surface area contributed by atoms with Crippen LogP contribution in [0.15, 0.2) is 42.0 Å². The average molecular weight is 245 g/mol. The molecule has 1 atom stereocenters. The second kappa shape index (κ2) is 6.17. The molecule has 0 aliphatic heterocycles. The minimum absolute atomic E-state index is 0.601. The Morgan fingerprint density at radius 1 is 1.28 bits per heavy atom. The van der Waals surface area contributed by atoms with Crippen molar-refractivity contribution in [3.05, 3.63) is 47.5 Å². The maximum Gasteiger partial charge on any atom is 0.0992 e. The van der Waals surface area contributed by atoms with E-state index >= 15 is 0 Å². The number of benzene rings is 1. The van der Waals surface area contributed by atoms with Crippen molar-refractivity contribution < 1.29 is 5.11 Å². The van der Waals surface area contributed by atoms with Crippen molar-refractivity contribution in [1.29, 1.82) is 0 Å².